The van der Waals surface area contributed by atoms with Crippen LogP contribution in [0.5, 0.6) is 0 Å². The molecule has 2 aliphatic rings. The predicted molar refractivity (Wildman–Crippen MR) is 123 cm³/mol. The van der Waals surface area contributed by atoms with Crippen LogP contribution in [0.3, 0.4) is 0 Å². The summed E-state index contributed by atoms with van der Waals surface area (Å²) in [5.41, 5.74) is 1.29. The molecule has 2 aromatic rings. The maximum Gasteiger partial charge on any atom is 0.191 e. The number of anilines is 1. The van der Waals surface area contributed by atoms with Crippen molar-refractivity contribution in [3.8, 4) is 0 Å². The molecule has 7 nitrogen and oxygen atoms in total. The topological polar surface area (TPSA) is 70.4 Å². The predicted octanol–water partition coefficient (Wildman–Crippen LogP) is 2.57. The maximum absolute atomic E-state index is 4.78. The molecule has 4 rings (SSSR count). The normalized spacial score (nSPS) is 19.1. The van der Waals surface area contributed by atoms with E-state index < -0.39 is 0 Å². The van der Waals surface area contributed by atoms with Gasteiger partial charge < -0.3 is 20.1 Å². The van der Waals surface area contributed by atoms with Gasteiger partial charge in [-0.15, -0.1) is 34.2 Å². The Balaban J connectivity index is 0.00000225. The number of nitrogens with zero attached hydrogens (tertiary/aromatic N) is 5. The highest BCUT2D eigenvalue weighted by Gasteiger charge is 2.23. The molecule has 0 radical (unpaired) electrons. The highest BCUT2D eigenvalue weighted by atomic mass is 127. The van der Waals surface area contributed by atoms with Gasteiger partial charge in [0.15, 0.2) is 11.8 Å². The smallest absolute Gasteiger partial charge is 0.191 e. The van der Waals surface area contributed by atoms with Gasteiger partial charge in [0, 0.05) is 44.3 Å². The van der Waals surface area contributed by atoms with Crippen LogP contribution in [-0.4, -0.2) is 46.4 Å². The summed E-state index contributed by atoms with van der Waals surface area (Å²) in [6, 6.07) is 11.0. The Morgan fingerprint density at radius 1 is 1.18 bits per heavy atom. The van der Waals surface area contributed by atoms with E-state index in [2.05, 4.69) is 67.6 Å². The van der Waals surface area contributed by atoms with E-state index in [1.807, 2.05) is 0 Å². The Hall–Kier alpha value is -1.84. The molecular formula is C20H30IN7. The molecule has 0 spiro atoms. The van der Waals surface area contributed by atoms with Gasteiger partial charge in [0.2, 0.25) is 0 Å². The van der Waals surface area contributed by atoms with Crippen LogP contribution in [0.15, 0.2) is 35.3 Å². The van der Waals surface area contributed by atoms with Crippen molar-refractivity contribution < 1.29 is 0 Å². The third kappa shape index (κ3) is 4.95. The molecule has 3 heterocycles. The first kappa shape index (κ1) is 20.9. The minimum absolute atomic E-state index is 0. The Labute approximate surface area is 184 Å². The summed E-state index contributed by atoms with van der Waals surface area (Å²) >= 11 is 0. The number of aryl methyl sites for hydroxylation is 1. The minimum atomic E-state index is 0. The van der Waals surface area contributed by atoms with Gasteiger partial charge in [0.1, 0.15) is 12.4 Å². The average Bonchev–Trinajstić information content (AvgIpc) is 3.34. The van der Waals surface area contributed by atoms with Crippen LogP contribution in [0.2, 0.25) is 0 Å². The van der Waals surface area contributed by atoms with E-state index in [-0.39, 0.29) is 24.0 Å². The first-order valence-electron chi connectivity index (χ1n) is 10.1. The number of aliphatic imine (C=N–C) groups is 1. The number of hydrogen-bond donors (Lipinski definition) is 2. The van der Waals surface area contributed by atoms with E-state index in [1.54, 1.807) is 0 Å². The van der Waals surface area contributed by atoms with Crippen LogP contribution in [0.25, 0.3) is 0 Å². The van der Waals surface area contributed by atoms with Gasteiger partial charge in [0.05, 0.1) is 0 Å². The standard InChI is InChI=1S/C20H29N7.HI/c1-2-21-20(22-14-19-25-24-18-10-6-7-12-27(18)19)23-16-11-13-26(15-16)17-8-4-3-5-9-17;/h3-5,8-9,16H,2,6-7,10-15H2,1H3,(H2,21,22,23);1H. The molecule has 0 aliphatic carbocycles. The third-order valence-electron chi connectivity index (χ3n) is 5.31. The molecule has 1 unspecified atom stereocenters. The van der Waals surface area contributed by atoms with Crippen molar-refractivity contribution in [3.05, 3.63) is 42.0 Å². The highest BCUT2D eigenvalue weighted by molar-refractivity contribution is 14.0. The second-order valence-corrected chi connectivity index (χ2v) is 7.25. The Morgan fingerprint density at radius 3 is 2.86 bits per heavy atom. The molecule has 0 saturated carbocycles. The molecule has 1 aromatic carbocycles. The van der Waals surface area contributed by atoms with E-state index in [0.717, 1.165) is 56.6 Å². The summed E-state index contributed by atoms with van der Waals surface area (Å²) in [5.74, 6) is 2.95. The molecule has 8 heteroatoms. The SMILES string of the molecule is CCNC(=NCc1nnc2n1CCCC2)NC1CCN(c2ccccc2)C1.I. The quantitative estimate of drug-likeness (QED) is 0.379. The average molecular weight is 495 g/mol. The Morgan fingerprint density at radius 2 is 2.04 bits per heavy atom. The fraction of sp³-hybridized carbons (Fsp3) is 0.550. The molecule has 2 aliphatic heterocycles. The zero-order valence-corrected chi connectivity index (χ0v) is 18.8. The van der Waals surface area contributed by atoms with E-state index in [1.165, 1.54) is 18.5 Å². The molecule has 152 valence electrons. The zero-order valence-electron chi connectivity index (χ0n) is 16.5. The number of hydrogen-bond acceptors (Lipinski definition) is 4. The molecule has 1 atom stereocenters. The van der Waals surface area contributed by atoms with Crippen molar-refractivity contribution in [2.75, 3.05) is 24.5 Å². The number of para-hydroxylation sites is 1. The molecule has 0 amide bonds. The summed E-state index contributed by atoms with van der Waals surface area (Å²) in [7, 11) is 0. The summed E-state index contributed by atoms with van der Waals surface area (Å²) < 4.78 is 2.24. The van der Waals surface area contributed by atoms with Crippen LogP contribution in [0.1, 0.15) is 37.8 Å². The van der Waals surface area contributed by atoms with E-state index >= 15 is 0 Å². The van der Waals surface area contributed by atoms with E-state index in [9.17, 15) is 0 Å². The van der Waals surface area contributed by atoms with E-state index in [4.69, 9.17) is 4.99 Å². The van der Waals surface area contributed by atoms with Crippen molar-refractivity contribution in [2.45, 2.75) is 51.7 Å². The number of rotatable bonds is 5. The van der Waals surface area contributed by atoms with Crippen molar-refractivity contribution in [3.63, 3.8) is 0 Å². The summed E-state index contributed by atoms with van der Waals surface area (Å²) in [6.45, 7) is 6.59. The summed E-state index contributed by atoms with van der Waals surface area (Å²) in [5, 5.41) is 15.6. The van der Waals surface area contributed by atoms with Crippen molar-refractivity contribution in [1.82, 2.24) is 25.4 Å². The second-order valence-electron chi connectivity index (χ2n) is 7.25. The lowest BCUT2D eigenvalue weighted by molar-refractivity contribution is 0.508. The molecule has 1 aromatic heterocycles. The van der Waals surface area contributed by atoms with Gasteiger partial charge in [-0.2, -0.15) is 0 Å². The Kier molecular flexibility index (Phi) is 7.52. The molecule has 28 heavy (non-hydrogen) atoms. The lowest BCUT2D eigenvalue weighted by Gasteiger charge is -2.20. The number of guanidine groups is 1. The summed E-state index contributed by atoms with van der Waals surface area (Å²) in [4.78, 5) is 7.20. The number of fused-ring (bicyclic) bond motifs is 1. The summed E-state index contributed by atoms with van der Waals surface area (Å²) in [6.07, 6.45) is 4.56. The van der Waals surface area contributed by atoms with Crippen molar-refractivity contribution in [2.24, 2.45) is 4.99 Å². The molecule has 2 N–H and O–H groups in total. The second kappa shape index (κ2) is 10.1. The number of nitrogens with one attached hydrogen (secondary N) is 2. The van der Waals surface area contributed by atoms with Gasteiger partial charge in [-0.25, -0.2) is 4.99 Å². The zero-order chi connectivity index (χ0) is 18.5. The van der Waals surface area contributed by atoms with Gasteiger partial charge in [-0.05, 0) is 38.3 Å². The number of benzene rings is 1. The molecular weight excluding hydrogens is 465 g/mol. The van der Waals surface area contributed by atoms with Gasteiger partial charge in [0.25, 0.3) is 0 Å². The Bertz CT molecular complexity index is 774. The fourth-order valence-corrected chi connectivity index (χ4v) is 3.90. The molecule has 1 fully saturated rings. The van der Waals surface area contributed by atoms with Crippen molar-refractivity contribution >= 4 is 35.6 Å². The molecule has 0 bridgehead atoms. The van der Waals surface area contributed by atoms with Crippen molar-refractivity contribution in [1.29, 1.82) is 0 Å². The van der Waals surface area contributed by atoms with Crippen LogP contribution in [0.4, 0.5) is 5.69 Å². The fourth-order valence-electron chi connectivity index (χ4n) is 3.90. The van der Waals surface area contributed by atoms with Crippen LogP contribution < -0.4 is 15.5 Å². The lowest BCUT2D eigenvalue weighted by atomic mass is 10.2. The van der Waals surface area contributed by atoms with Crippen LogP contribution >= 0.6 is 24.0 Å². The maximum atomic E-state index is 4.78. The molecule has 1 saturated heterocycles. The van der Waals surface area contributed by atoms with Gasteiger partial charge in [-0.3, -0.25) is 0 Å². The minimum Gasteiger partial charge on any atom is -0.369 e. The largest absolute Gasteiger partial charge is 0.369 e. The number of halogens is 1. The van der Waals surface area contributed by atoms with E-state index in [0.29, 0.717) is 12.6 Å². The third-order valence-corrected chi connectivity index (χ3v) is 5.31. The van der Waals surface area contributed by atoms with Crippen LogP contribution in [0, 0.1) is 0 Å². The number of aromatic nitrogens is 3. The van der Waals surface area contributed by atoms with Gasteiger partial charge >= 0.3 is 0 Å². The van der Waals surface area contributed by atoms with Crippen LogP contribution in [-0.2, 0) is 19.5 Å². The lowest BCUT2D eigenvalue weighted by Crippen LogP contribution is -2.44. The monoisotopic (exact) mass is 495 g/mol. The first-order valence-corrected chi connectivity index (χ1v) is 10.1. The highest BCUT2D eigenvalue weighted by Crippen LogP contribution is 2.19. The first-order chi connectivity index (χ1) is 13.3. The van der Waals surface area contributed by atoms with Gasteiger partial charge in [-0.1, -0.05) is 18.2 Å².